The fraction of sp³-hybridized carbons (Fsp3) is 0.727. The van der Waals surface area contributed by atoms with Crippen molar-refractivity contribution in [3.63, 3.8) is 0 Å². The Morgan fingerprint density at radius 2 is 2.15 bits per heavy atom. The van der Waals surface area contributed by atoms with E-state index in [1.165, 1.54) is 12.8 Å². The summed E-state index contributed by atoms with van der Waals surface area (Å²) in [7, 11) is 0. The molecule has 0 saturated carbocycles. The molecule has 0 N–H and O–H groups in total. The molecule has 0 rings (SSSR count). The van der Waals surface area contributed by atoms with Crippen LogP contribution in [0.15, 0.2) is 12.2 Å². The van der Waals surface area contributed by atoms with Crippen LogP contribution in [0.25, 0.3) is 0 Å². The molecule has 0 unspecified atom stereocenters. The van der Waals surface area contributed by atoms with E-state index >= 15 is 0 Å². The lowest BCUT2D eigenvalue weighted by Gasteiger charge is -2.02. The van der Waals surface area contributed by atoms with Crippen LogP contribution in [0.4, 0.5) is 0 Å². The molecule has 76 valence electrons. The number of allylic oxidation sites excluding steroid dienone is 1. The number of hydrogen-bond donors (Lipinski definition) is 0. The van der Waals surface area contributed by atoms with Gasteiger partial charge in [-0.05, 0) is 19.3 Å². The van der Waals surface area contributed by atoms with E-state index in [1.54, 1.807) is 0 Å². The van der Waals surface area contributed by atoms with Crippen LogP contribution in [0.3, 0.4) is 0 Å². The van der Waals surface area contributed by atoms with Crippen molar-refractivity contribution in [1.82, 2.24) is 0 Å². The molecular formula is C11H20O2. The molecule has 0 amide bonds. The highest BCUT2D eigenvalue weighted by Gasteiger charge is 1.98. The van der Waals surface area contributed by atoms with E-state index in [2.05, 4.69) is 19.9 Å². The van der Waals surface area contributed by atoms with Gasteiger partial charge in [-0.1, -0.05) is 32.4 Å². The van der Waals surface area contributed by atoms with Gasteiger partial charge in [-0.3, -0.25) is 4.79 Å². The molecule has 0 aliphatic rings. The van der Waals surface area contributed by atoms with E-state index in [0.29, 0.717) is 18.9 Å². The topological polar surface area (TPSA) is 26.3 Å². The molecule has 1 atom stereocenters. The maximum Gasteiger partial charge on any atom is 0.309 e. The van der Waals surface area contributed by atoms with Crippen LogP contribution >= 0.6 is 0 Å². The average molecular weight is 184 g/mol. The SMILES string of the molecule is CCC[C@@H](C)/C=C/CC(=O)OCC. The molecule has 0 aliphatic carbocycles. The molecule has 0 heterocycles. The Hall–Kier alpha value is -0.790. The molecular weight excluding hydrogens is 164 g/mol. The highest BCUT2D eigenvalue weighted by atomic mass is 16.5. The predicted octanol–water partition coefficient (Wildman–Crippen LogP) is 2.93. The molecule has 0 spiro atoms. The van der Waals surface area contributed by atoms with Gasteiger partial charge in [0.2, 0.25) is 0 Å². The van der Waals surface area contributed by atoms with Crippen molar-refractivity contribution in [2.45, 2.75) is 40.0 Å². The quantitative estimate of drug-likeness (QED) is 0.468. The lowest BCUT2D eigenvalue weighted by atomic mass is 10.1. The zero-order valence-electron chi connectivity index (χ0n) is 8.88. The summed E-state index contributed by atoms with van der Waals surface area (Å²) in [5, 5.41) is 0. The maximum atomic E-state index is 10.9. The van der Waals surface area contributed by atoms with E-state index < -0.39 is 0 Å². The third-order valence-electron chi connectivity index (χ3n) is 1.80. The van der Waals surface area contributed by atoms with Gasteiger partial charge in [0.05, 0.1) is 13.0 Å². The minimum atomic E-state index is -0.137. The van der Waals surface area contributed by atoms with Crippen LogP contribution in [0.2, 0.25) is 0 Å². The van der Waals surface area contributed by atoms with Gasteiger partial charge in [0.15, 0.2) is 0 Å². The van der Waals surface area contributed by atoms with Gasteiger partial charge in [-0.25, -0.2) is 0 Å². The minimum absolute atomic E-state index is 0.137. The number of esters is 1. The van der Waals surface area contributed by atoms with Crippen LogP contribution in [-0.4, -0.2) is 12.6 Å². The van der Waals surface area contributed by atoms with Crippen LogP contribution in [0.5, 0.6) is 0 Å². The minimum Gasteiger partial charge on any atom is -0.466 e. The predicted molar refractivity (Wildman–Crippen MR) is 54.5 cm³/mol. The first-order valence-electron chi connectivity index (χ1n) is 5.03. The van der Waals surface area contributed by atoms with Gasteiger partial charge in [-0.2, -0.15) is 0 Å². The van der Waals surface area contributed by atoms with E-state index in [0.717, 1.165) is 0 Å². The summed E-state index contributed by atoms with van der Waals surface area (Å²) in [4.78, 5) is 10.9. The zero-order chi connectivity index (χ0) is 10.1. The normalized spacial score (nSPS) is 13.2. The molecule has 0 aromatic rings. The second kappa shape index (κ2) is 7.84. The van der Waals surface area contributed by atoms with Crippen molar-refractivity contribution in [3.8, 4) is 0 Å². The Morgan fingerprint density at radius 1 is 1.46 bits per heavy atom. The van der Waals surface area contributed by atoms with Crippen molar-refractivity contribution in [1.29, 1.82) is 0 Å². The van der Waals surface area contributed by atoms with Gasteiger partial charge < -0.3 is 4.74 Å². The third-order valence-corrected chi connectivity index (χ3v) is 1.80. The van der Waals surface area contributed by atoms with Gasteiger partial charge in [0, 0.05) is 0 Å². The van der Waals surface area contributed by atoms with Crippen LogP contribution in [0.1, 0.15) is 40.0 Å². The molecule has 0 aromatic heterocycles. The molecule has 0 aliphatic heterocycles. The molecule has 0 saturated heterocycles. The first-order valence-corrected chi connectivity index (χ1v) is 5.03. The summed E-state index contributed by atoms with van der Waals surface area (Å²) in [6.45, 7) is 6.61. The Kier molecular flexibility index (Phi) is 7.36. The van der Waals surface area contributed by atoms with Gasteiger partial charge >= 0.3 is 5.97 Å². The largest absolute Gasteiger partial charge is 0.466 e. The second-order valence-corrected chi connectivity index (χ2v) is 3.20. The summed E-state index contributed by atoms with van der Waals surface area (Å²) in [5.41, 5.74) is 0. The summed E-state index contributed by atoms with van der Waals surface area (Å²) < 4.78 is 4.79. The monoisotopic (exact) mass is 184 g/mol. The molecule has 13 heavy (non-hydrogen) atoms. The van der Waals surface area contributed by atoms with Crippen LogP contribution < -0.4 is 0 Å². The molecule has 2 heteroatoms. The number of carbonyl (C=O) groups excluding carboxylic acids is 1. The number of rotatable bonds is 6. The van der Waals surface area contributed by atoms with Crippen molar-refractivity contribution < 1.29 is 9.53 Å². The highest BCUT2D eigenvalue weighted by molar-refractivity contribution is 5.71. The van der Waals surface area contributed by atoms with E-state index in [1.807, 2.05) is 13.0 Å². The standard InChI is InChI=1S/C11H20O2/c1-4-7-10(3)8-6-9-11(12)13-5-2/h6,8,10H,4-5,7,9H2,1-3H3/b8-6+/t10-/m1/s1. The molecule has 0 fully saturated rings. The van der Waals surface area contributed by atoms with Crippen LogP contribution in [-0.2, 0) is 9.53 Å². The van der Waals surface area contributed by atoms with E-state index in [9.17, 15) is 4.79 Å². The Bertz CT molecular complexity index is 161. The third kappa shape index (κ3) is 7.57. The fourth-order valence-electron chi connectivity index (χ4n) is 1.17. The number of ether oxygens (including phenoxy) is 1. The molecule has 2 nitrogen and oxygen atoms in total. The van der Waals surface area contributed by atoms with Crippen molar-refractivity contribution in [3.05, 3.63) is 12.2 Å². The fourth-order valence-corrected chi connectivity index (χ4v) is 1.17. The Balaban J connectivity index is 3.55. The molecule has 0 aromatic carbocycles. The summed E-state index contributed by atoms with van der Waals surface area (Å²) in [6, 6.07) is 0. The highest BCUT2D eigenvalue weighted by Crippen LogP contribution is 2.06. The summed E-state index contributed by atoms with van der Waals surface area (Å²) in [6.07, 6.45) is 6.75. The average Bonchev–Trinajstić information content (AvgIpc) is 2.05. The van der Waals surface area contributed by atoms with Crippen molar-refractivity contribution >= 4 is 5.97 Å². The first kappa shape index (κ1) is 12.2. The lowest BCUT2D eigenvalue weighted by Crippen LogP contribution is -2.01. The van der Waals surface area contributed by atoms with Crippen LogP contribution in [0, 0.1) is 5.92 Å². The zero-order valence-corrected chi connectivity index (χ0v) is 8.88. The number of hydrogen-bond acceptors (Lipinski definition) is 2. The molecule has 0 radical (unpaired) electrons. The summed E-state index contributed by atoms with van der Waals surface area (Å²) in [5.74, 6) is 0.432. The first-order chi connectivity index (χ1) is 6.20. The second-order valence-electron chi connectivity index (χ2n) is 3.20. The lowest BCUT2D eigenvalue weighted by molar-refractivity contribution is -0.142. The van der Waals surface area contributed by atoms with Gasteiger partial charge in [0.25, 0.3) is 0 Å². The summed E-state index contributed by atoms with van der Waals surface area (Å²) >= 11 is 0. The Morgan fingerprint density at radius 3 is 2.69 bits per heavy atom. The Labute approximate surface area is 81.0 Å². The van der Waals surface area contributed by atoms with Crippen molar-refractivity contribution in [2.75, 3.05) is 6.61 Å². The van der Waals surface area contributed by atoms with Gasteiger partial charge in [0.1, 0.15) is 0 Å². The van der Waals surface area contributed by atoms with E-state index in [4.69, 9.17) is 4.74 Å². The number of carbonyl (C=O) groups is 1. The maximum absolute atomic E-state index is 10.9. The van der Waals surface area contributed by atoms with Gasteiger partial charge in [-0.15, -0.1) is 0 Å². The molecule has 0 bridgehead atoms. The smallest absolute Gasteiger partial charge is 0.309 e. The van der Waals surface area contributed by atoms with E-state index in [-0.39, 0.29) is 5.97 Å². The van der Waals surface area contributed by atoms with Crippen molar-refractivity contribution in [2.24, 2.45) is 5.92 Å².